The maximum Gasteiger partial charge on any atom is 0.234 e. The number of ether oxygens (including phenoxy) is 1. The minimum atomic E-state index is -0.167. The lowest BCUT2D eigenvalue weighted by Crippen LogP contribution is -2.36. The summed E-state index contributed by atoms with van der Waals surface area (Å²) in [6.45, 7) is 3.71. The molecule has 10 heteroatoms. The summed E-state index contributed by atoms with van der Waals surface area (Å²) in [6, 6.07) is 16.3. The number of benzene rings is 2. The number of thioether (sulfide) groups is 1. The van der Waals surface area contributed by atoms with Gasteiger partial charge in [0.1, 0.15) is 0 Å². The molecule has 8 nitrogen and oxygen atoms in total. The summed E-state index contributed by atoms with van der Waals surface area (Å²) < 4.78 is 7.40. The van der Waals surface area contributed by atoms with E-state index >= 15 is 0 Å². The van der Waals surface area contributed by atoms with E-state index in [1.165, 1.54) is 11.8 Å². The van der Waals surface area contributed by atoms with Gasteiger partial charge in [0.15, 0.2) is 11.0 Å². The molecule has 1 aromatic heterocycles. The predicted molar refractivity (Wildman–Crippen MR) is 123 cm³/mol. The highest BCUT2D eigenvalue weighted by Crippen LogP contribution is 2.24. The third-order valence-electron chi connectivity index (χ3n) is 4.88. The van der Waals surface area contributed by atoms with E-state index < -0.39 is 0 Å². The first-order valence-electron chi connectivity index (χ1n) is 10.1. The quantitative estimate of drug-likeness (QED) is 0.531. The topological polar surface area (TPSA) is 96.1 Å². The standard InChI is InChI=1S/C22H21ClN6O2S/c23-17-3-7-19(8-4-17)29-20(14-28-9-11-31-12-10-28)26-27-22(29)32-15-21(30)25-18-5-1-16(13-24)2-6-18/h1-8H,9-12,14-15H2,(H,25,30). The first-order valence-corrected chi connectivity index (χ1v) is 11.4. The molecule has 1 amide bonds. The molecular weight excluding hydrogens is 448 g/mol. The third kappa shape index (κ3) is 5.66. The van der Waals surface area contributed by atoms with Crippen molar-refractivity contribution in [3.05, 3.63) is 64.9 Å². The van der Waals surface area contributed by atoms with Crippen LogP contribution in [0.3, 0.4) is 0 Å². The minimum Gasteiger partial charge on any atom is -0.379 e. The van der Waals surface area contributed by atoms with Crippen molar-refractivity contribution in [1.82, 2.24) is 19.7 Å². The van der Waals surface area contributed by atoms with Gasteiger partial charge in [-0.3, -0.25) is 14.3 Å². The summed E-state index contributed by atoms with van der Waals surface area (Å²) in [4.78, 5) is 14.7. The number of morpholine rings is 1. The van der Waals surface area contributed by atoms with Crippen LogP contribution in [-0.2, 0) is 16.1 Å². The summed E-state index contributed by atoms with van der Waals surface area (Å²) >= 11 is 7.38. The van der Waals surface area contributed by atoms with Crippen molar-refractivity contribution in [2.75, 3.05) is 37.4 Å². The highest BCUT2D eigenvalue weighted by Gasteiger charge is 2.19. The van der Waals surface area contributed by atoms with E-state index in [-0.39, 0.29) is 11.7 Å². The number of rotatable bonds is 7. The molecule has 3 aromatic rings. The summed E-state index contributed by atoms with van der Waals surface area (Å²) in [5.74, 6) is 0.799. The summed E-state index contributed by atoms with van der Waals surface area (Å²) in [5.41, 5.74) is 2.07. The highest BCUT2D eigenvalue weighted by atomic mass is 35.5. The Labute approximate surface area is 195 Å². The van der Waals surface area contributed by atoms with Crippen LogP contribution in [-0.4, -0.2) is 57.6 Å². The van der Waals surface area contributed by atoms with Crippen LogP contribution in [0.5, 0.6) is 0 Å². The zero-order chi connectivity index (χ0) is 22.3. The maximum absolute atomic E-state index is 12.5. The van der Waals surface area contributed by atoms with Crippen LogP contribution in [0.1, 0.15) is 11.4 Å². The fourth-order valence-electron chi connectivity index (χ4n) is 3.26. The largest absolute Gasteiger partial charge is 0.379 e. The van der Waals surface area contributed by atoms with Gasteiger partial charge >= 0.3 is 0 Å². The normalized spacial score (nSPS) is 14.1. The van der Waals surface area contributed by atoms with Gasteiger partial charge in [0.2, 0.25) is 5.91 Å². The molecule has 1 saturated heterocycles. The molecule has 0 saturated carbocycles. The number of nitrogens with zero attached hydrogens (tertiary/aromatic N) is 5. The fourth-order valence-corrected chi connectivity index (χ4v) is 4.16. The molecule has 0 spiro atoms. The SMILES string of the molecule is N#Cc1ccc(NC(=O)CSc2nnc(CN3CCOCC3)n2-c2ccc(Cl)cc2)cc1. The Morgan fingerprint density at radius 3 is 2.53 bits per heavy atom. The van der Waals surface area contributed by atoms with Gasteiger partial charge in [-0.15, -0.1) is 10.2 Å². The number of hydrogen-bond acceptors (Lipinski definition) is 7. The van der Waals surface area contributed by atoms with Crippen molar-refractivity contribution < 1.29 is 9.53 Å². The molecule has 1 N–H and O–H groups in total. The minimum absolute atomic E-state index is 0.167. The summed E-state index contributed by atoms with van der Waals surface area (Å²) in [7, 11) is 0. The first-order chi connectivity index (χ1) is 15.6. The lowest BCUT2D eigenvalue weighted by Gasteiger charge is -2.26. The van der Waals surface area contributed by atoms with E-state index in [0.717, 1.165) is 24.6 Å². The Hall–Kier alpha value is -2.90. The molecule has 1 fully saturated rings. The summed E-state index contributed by atoms with van der Waals surface area (Å²) in [5, 5.41) is 21.8. The monoisotopic (exact) mass is 468 g/mol. The van der Waals surface area contributed by atoms with Gasteiger partial charge in [0, 0.05) is 29.5 Å². The number of carbonyl (C=O) groups excluding carboxylic acids is 1. The van der Waals surface area contributed by atoms with Gasteiger partial charge in [-0.2, -0.15) is 5.26 Å². The van der Waals surface area contributed by atoms with Gasteiger partial charge in [0.05, 0.1) is 37.1 Å². The number of aromatic nitrogens is 3. The predicted octanol–water partition coefficient (Wildman–Crippen LogP) is 3.36. The van der Waals surface area contributed by atoms with E-state index in [2.05, 4.69) is 26.5 Å². The van der Waals surface area contributed by atoms with E-state index in [9.17, 15) is 4.79 Å². The molecule has 1 aliphatic rings. The number of amides is 1. The van der Waals surface area contributed by atoms with Gasteiger partial charge < -0.3 is 10.1 Å². The Kier molecular flexibility index (Phi) is 7.39. The molecule has 4 rings (SSSR count). The third-order valence-corrected chi connectivity index (χ3v) is 6.06. The first kappa shape index (κ1) is 22.3. The van der Waals surface area contributed by atoms with Crippen molar-refractivity contribution in [2.24, 2.45) is 0 Å². The Balaban J connectivity index is 1.48. The molecule has 0 aliphatic carbocycles. The lowest BCUT2D eigenvalue weighted by atomic mass is 10.2. The summed E-state index contributed by atoms with van der Waals surface area (Å²) in [6.07, 6.45) is 0. The molecule has 32 heavy (non-hydrogen) atoms. The van der Waals surface area contributed by atoms with Gasteiger partial charge in [0.25, 0.3) is 0 Å². The number of nitrogens with one attached hydrogen (secondary N) is 1. The average molecular weight is 469 g/mol. The Morgan fingerprint density at radius 1 is 1.12 bits per heavy atom. The number of nitriles is 1. The second-order valence-electron chi connectivity index (χ2n) is 7.13. The highest BCUT2D eigenvalue weighted by molar-refractivity contribution is 7.99. The van der Waals surface area contributed by atoms with Gasteiger partial charge in [-0.05, 0) is 48.5 Å². The molecule has 0 radical (unpaired) electrons. The van der Waals surface area contributed by atoms with Crippen molar-refractivity contribution in [3.63, 3.8) is 0 Å². The molecule has 0 atom stereocenters. The average Bonchev–Trinajstić information content (AvgIpc) is 3.21. The van der Waals surface area contributed by atoms with Crippen LogP contribution in [0.25, 0.3) is 5.69 Å². The van der Waals surface area contributed by atoms with Gasteiger partial charge in [-0.25, -0.2) is 0 Å². The zero-order valence-corrected chi connectivity index (χ0v) is 18.8. The second kappa shape index (κ2) is 10.6. The molecule has 2 aromatic carbocycles. The van der Waals surface area contributed by atoms with Crippen LogP contribution in [0, 0.1) is 11.3 Å². The van der Waals surface area contributed by atoms with Crippen molar-refractivity contribution in [3.8, 4) is 11.8 Å². The molecule has 1 aliphatic heterocycles. The smallest absolute Gasteiger partial charge is 0.234 e. The van der Waals surface area contributed by atoms with E-state index in [0.29, 0.717) is 41.2 Å². The van der Waals surface area contributed by atoms with Crippen molar-refractivity contribution >= 4 is 35.0 Å². The van der Waals surface area contributed by atoms with E-state index in [1.807, 2.05) is 28.8 Å². The number of carbonyl (C=O) groups is 1. The molecule has 164 valence electrons. The van der Waals surface area contributed by atoms with Crippen molar-refractivity contribution in [1.29, 1.82) is 5.26 Å². The number of halogens is 1. The van der Waals surface area contributed by atoms with Crippen LogP contribution in [0.15, 0.2) is 53.7 Å². The van der Waals surface area contributed by atoms with E-state index in [1.54, 1.807) is 24.3 Å². The molecule has 2 heterocycles. The molecule has 0 bridgehead atoms. The molecular formula is C22H21ClN6O2S. The van der Waals surface area contributed by atoms with Crippen LogP contribution >= 0.6 is 23.4 Å². The molecule has 0 unspecified atom stereocenters. The van der Waals surface area contributed by atoms with Crippen LogP contribution in [0.4, 0.5) is 5.69 Å². The van der Waals surface area contributed by atoms with Gasteiger partial charge in [-0.1, -0.05) is 23.4 Å². The number of hydrogen-bond donors (Lipinski definition) is 1. The fraction of sp³-hybridized carbons (Fsp3) is 0.273. The Morgan fingerprint density at radius 2 is 1.84 bits per heavy atom. The van der Waals surface area contributed by atoms with Crippen molar-refractivity contribution in [2.45, 2.75) is 11.7 Å². The zero-order valence-electron chi connectivity index (χ0n) is 17.2. The lowest BCUT2D eigenvalue weighted by molar-refractivity contribution is -0.113. The van der Waals surface area contributed by atoms with Crippen LogP contribution in [0.2, 0.25) is 5.02 Å². The maximum atomic E-state index is 12.5. The second-order valence-corrected chi connectivity index (χ2v) is 8.50. The van der Waals surface area contributed by atoms with Crippen LogP contribution < -0.4 is 5.32 Å². The number of anilines is 1. The van der Waals surface area contributed by atoms with E-state index in [4.69, 9.17) is 21.6 Å². The Bertz CT molecular complexity index is 1100.